The Morgan fingerprint density at radius 1 is 1.47 bits per heavy atom. The zero-order chi connectivity index (χ0) is 14.3. The summed E-state index contributed by atoms with van der Waals surface area (Å²) < 4.78 is 10.9. The molecule has 0 heterocycles. The lowest BCUT2D eigenvalue weighted by atomic mass is 10.1. The van der Waals surface area contributed by atoms with Gasteiger partial charge >= 0.3 is 0 Å². The molecule has 1 N–H and O–H groups in total. The van der Waals surface area contributed by atoms with Crippen LogP contribution in [0.3, 0.4) is 0 Å². The Kier molecular flexibility index (Phi) is 6.24. The van der Waals surface area contributed by atoms with Crippen molar-refractivity contribution in [2.75, 3.05) is 25.6 Å². The second-order valence-electron chi connectivity index (χ2n) is 4.13. The van der Waals surface area contributed by atoms with Gasteiger partial charge in [-0.3, -0.25) is 10.1 Å². The van der Waals surface area contributed by atoms with Gasteiger partial charge in [0.25, 0.3) is 5.69 Å². The van der Waals surface area contributed by atoms with Gasteiger partial charge in [0.15, 0.2) is 0 Å². The van der Waals surface area contributed by atoms with E-state index in [1.807, 2.05) is 13.8 Å². The lowest BCUT2D eigenvalue weighted by molar-refractivity contribution is -0.384. The van der Waals surface area contributed by atoms with E-state index < -0.39 is 4.92 Å². The zero-order valence-corrected chi connectivity index (χ0v) is 11.5. The highest BCUT2D eigenvalue weighted by Gasteiger charge is 2.11. The summed E-state index contributed by atoms with van der Waals surface area (Å²) in [7, 11) is 1.77. The van der Waals surface area contributed by atoms with Gasteiger partial charge in [-0.1, -0.05) is 0 Å². The largest absolute Gasteiger partial charge is 0.388 e. The molecule has 0 aliphatic rings. The first-order valence-corrected chi connectivity index (χ1v) is 6.22. The first-order valence-electron chi connectivity index (χ1n) is 6.22. The Bertz CT molecular complexity index is 423. The van der Waals surface area contributed by atoms with Crippen molar-refractivity contribution >= 4 is 11.4 Å². The van der Waals surface area contributed by atoms with Crippen molar-refractivity contribution < 1.29 is 14.4 Å². The number of nitro groups is 1. The smallest absolute Gasteiger partial charge is 0.269 e. The molecule has 1 rings (SSSR count). The van der Waals surface area contributed by atoms with E-state index in [1.54, 1.807) is 13.1 Å². The molecule has 1 unspecified atom stereocenters. The van der Waals surface area contributed by atoms with Crippen LogP contribution in [-0.4, -0.2) is 31.3 Å². The van der Waals surface area contributed by atoms with Crippen molar-refractivity contribution in [3.63, 3.8) is 0 Å². The van der Waals surface area contributed by atoms with Crippen molar-refractivity contribution in [2.45, 2.75) is 26.6 Å². The van der Waals surface area contributed by atoms with Gasteiger partial charge in [0, 0.05) is 37.0 Å². The highest BCUT2D eigenvalue weighted by atomic mass is 16.6. The van der Waals surface area contributed by atoms with Gasteiger partial charge in [0.05, 0.1) is 24.2 Å². The topological polar surface area (TPSA) is 73.6 Å². The van der Waals surface area contributed by atoms with Crippen LogP contribution in [0.15, 0.2) is 18.2 Å². The van der Waals surface area contributed by atoms with Crippen LogP contribution in [0.1, 0.15) is 19.4 Å². The van der Waals surface area contributed by atoms with Crippen LogP contribution in [0.2, 0.25) is 0 Å². The molecule has 6 nitrogen and oxygen atoms in total. The number of nitro benzene ring substituents is 1. The van der Waals surface area contributed by atoms with E-state index in [2.05, 4.69) is 5.32 Å². The first kappa shape index (κ1) is 15.4. The number of non-ortho nitro benzene ring substituents is 1. The molecule has 0 fully saturated rings. The van der Waals surface area contributed by atoms with Crippen LogP contribution >= 0.6 is 0 Å². The number of hydrogen-bond donors (Lipinski definition) is 1. The third-order valence-electron chi connectivity index (χ3n) is 2.65. The number of anilines is 1. The van der Waals surface area contributed by atoms with E-state index in [-0.39, 0.29) is 11.8 Å². The highest BCUT2D eigenvalue weighted by molar-refractivity contribution is 5.55. The molecule has 0 radical (unpaired) electrons. The minimum atomic E-state index is -0.410. The standard InChI is InChI=1S/C13H20N2O4/c1-4-18-8-10(2)19-9-11-7-12(15(16)17)5-6-13(11)14-3/h5-7,10,14H,4,8-9H2,1-3H3. The quantitative estimate of drug-likeness (QED) is 0.579. The van der Waals surface area contributed by atoms with E-state index in [4.69, 9.17) is 9.47 Å². The lowest BCUT2D eigenvalue weighted by Crippen LogP contribution is -2.16. The second-order valence-corrected chi connectivity index (χ2v) is 4.13. The maximum atomic E-state index is 10.8. The molecule has 6 heteroatoms. The molecule has 19 heavy (non-hydrogen) atoms. The van der Waals surface area contributed by atoms with Gasteiger partial charge in [-0.2, -0.15) is 0 Å². The van der Waals surface area contributed by atoms with Gasteiger partial charge in [-0.05, 0) is 19.9 Å². The van der Waals surface area contributed by atoms with Crippen molar-refractivity contribution in [3.05, 3.63) is 33.9 Å². The summed E-state index contributed by atoms with van der Waals surface area (Å²) in [5.41, 5.74) is 1.66. The highest BCUT2D eigenvalue weighted by Crippen LogP contribution is 2.22. The second kappa shape index (κ2) is 7.70. The molecular weight excluding hydrogens is 248 g/mol. The fourth-order valence-electron chi connectivity index (χ4n) is 1.62. The van der Waals surface area contributed by atoms with Gasteiger partial charge in [-0.15, -0.1) is 0 Å². The summed E-state index contributed by atoms with van der Waals surface area (Å²) >= 11 is 0. The average Bonchev–Trinajstić information content (AvgIpc) is 2.42. The first-order chi connectivity index (χ1) is 9.08. The van der Waals surface area contributed by atoms with E-state index in [0.29, 0.717) is 19.8 Å². The fourth-order valence-corrected chi connectivity index (χ4v) is 1.62. The summed E-state index contributed by atoms with van der Waals surface area (Å²) in [6.45, 7) is 5.30. The fraction of sp³-hybridized carbons (Fsp3) is 0.538. The van der Waals surface area contributed by atoms with Crippen molar-refractivity contribution in [1.29, 1.82) is 0 Å². The van der Waals surface area contributed by atoms with E-state index in [9.17, 15) is 10.1 Å². The normalized spacial score (nSPS) is 12.2. The molecule has 106 valence electrons. The molecule has 0 aliphatic carbocycles. The molecule has 0 aliphatic heterocycles. The van der Waals surface area contributed by atoms with E-state index in [0.717, 1.165) is 11.3 Å². The van der Waals surface area contributed by atoms with E-state index in [1.165, 1.54) is 12.1 Å². The Balaban J connectivity index is 2.69. The van der Waals surface area contributed by atoms with Crippen LogP contribution in [-0.2, 0) is 16.1 Å². The Hall–Kier alpha value is -1.66. The molecule has 0 saturated heterocycles. The maximum Gasteiger partial charge on any atom is 0.269 e. The molecule has 0 saturated carbocycles. The molecule has 0 bridgehead atoms. The molecular formula is C13H20N2O4. The molecule has 0 amide bonds. The summed E-state index contributed by atoms with van der Waals surface area (Å²) in [5.74, 6) is 0. The van der Waals surface area contributed by atoms with Crippen LogP contribution in [0.4, 0.5) is 11.4 Å². The van der Waals surface area contributed by atoms with Crippen molar-refractivity contribution in [1.82, 2.24) is 0 Å². The predicted molar refractivity (Wildman–Crippen MR) is 73.4 cm³/mol. The molecule has 1 atom stereocenters. The average molecular weight is 268 g/mol. The summed E-state index contributed by atoms with van der Waals surface area (Å²) in [6.07, 6.45) is -0.0519. The van der Waals surface area contributed by atoms with Crippen LogP contribution < -0.4 is 5.32 Å². The third-order valence-corrected chi connectivity index (χ3v) is 2.65. The SMILES string of the molecule is CCOCC(C)OCc1cc([N+](=O)[O-])ccc1NC. The van der Waals surface area contributed by atoms with E-state index >= 15 is 0 Å². The predicted octanol–water partition coefficient (Wildman–Crippen LogP) is 2.58. The van der Waals surface area contributed by atoms with Gasteiger partial charge in [0.2, 0.25) is 0 Å². The van der Waals surface area contributed by atoms with Crippen LogP contribution in [0, 0.1) is 10.1 Å². The molecule has 0 spiro atoms. The van der Waals surface area contributed by atoms with Gasteiger partial charge < -0.3 is 14.8 Å². The number of rotatable bonds is 8. The minimum Gasteiger partial charge on any atom is -0.388 e. The Morgan fingerprint density at radius 3 is 2.79 bits per heavy atom. The Labute approximate surface area is 112 Å². The van der Waals surface area contributed by atoms with Crippen LogP contribution in [0.25, 0.3) is 0 Å². The number of nitrogens with one attached hydrogen (secondary N) is 1. The van der Waals surface area contributed by atoms with Crippen LogP contribution in [0.5, 0.6) is 0 Å². The lowest BCUT2D eigenvalue weighted by Gasteiger charge is -2.14. The Morgan fingerprint density at radius 2 is 2.21 bits per heavy atom. The maximum absolute atomic E-state index is 10.8. The molecule has 1 aromatic rings. The zero-order valence-electron chi connectivity index (χ0n) is 11.5. The number of benzene rings is 1. The van der Waals surface area contributed by atoms with Gasteiger partial charge in [-0.25, -0.2) is 0 Å². The monoisotopic (exact) mass is 268 g/mol. The molecule has 0 aromatic heterocycles. The molecule has 1 aromatic carbocycles. The summed E-state index contributed by atoms with van der Waals surface area (Å²) in [4.78, 5) is 10.3. The minimum absolute atomic E-state index is 0.0519. The van der Waals surface area contributed by atoms with Crippen molar-refractivity contribution in [3.8, 4) is 0 Å². The summed E-state index contributed by atoms with van der Waals surface area (Å²) in [5, 5.41) is 13.8. The number of hydrogen-bond acceptors (Lipinski definition) is 5. The summed E-state index contributed by atoms with van der Waals surface area (Å²) in [6, 6.07) is 4.68. The number of ether oxygens (including phenoxy) is 2. The number of nitrogens with zero attached hydrogens (tertiary/aromatic N) is 1. The van der Waals surface area contributed by atoms with Gasteiger partial charge in [0.1, 0.15) is 0 Å². The third kappa shape index (κ3) is 4.84. The van der Waals surface area contributed by atoms with Crippen molar-refractivity contribution in [2.24, 2.45) is 0 Å².